The Morgan fingerprint density at radius 1 is 1.12 bits per heavy atom. The third-order valence-electron chi connectivity index (χ3n) is 5.04. The number of allylic oxidation sites excluding steroid dienone is 1. The van der Waals surface area contributed by atoms with E-state index in [1.54, 1.807) is 12.1 Å². The van der Waals surface area contributed by atoms with Crippen LogP contribution < -0.4 is 0 Å². The summed E-state index contributed by atoms with van der Waals surface area (Å²) >= 11 is 12.6. The molecule has 0 aliphatic carbocycles. The van der Waals surface area contributed by atoms with Crippen molar-refractivity contribution in [3.63, 3.8) is 0 Å². The molecule has 3 aromatic rings. The van der Waals surface area contributed by atoms with E-state index >= 15 is 0 Å². The number of nitrogens with zero attached hydrogens (tertiary/aromatic N) is 2. The van der Waals surface area contributed by atoms with Gasteiger partial charge in [-0.25, -0.2) is 4.39 Å². The molecule has 0 atom stereocenters. The fourth-order valence-corrected chi connectivity index (χ4v) is 3.97. The topological polar surface area (TPSA) is 8.17 Å². The Kier molecular flexibility index (Phi) is 4.55. The number of hydrogen-bond donors (Lipinski definition) is 0. The molecule has 1 aromatic heterocycles. The van der Waals surface area contributed by atoms with Gasteiger partial charge in [-0.3, -0.25) is 0 Å². The first-order valence-corrected chi connectivity index (χ1v) is 9.33. The van der Waals surface area contributed by atoms with Crippen LogP contribution in [0.4, 0.5) is 4.39 Å². The van der Waals surface area contributed by atoms with Crippen molar-refractivity contribution >= 4 is 45.9 Å². The van der Waals surface area contributed by atoms with Gasteiger partial charge in [0, 0.05) is 36.8 Å². The van der Waals surface area contributed by atoms with E-state index in [0.29, 0.717) is 10.0 Å². The van der Waals surface area contributed by atoms with Crippen molar-refractivity contribution in [3.8, 4) is 0 Å². The highest BCUT2D eigenvalue weighted by Gasteiger charge is 2.22. The molecule has 0 bridgehead atoms. The van der Waals surface area contributed by atoms with E-state index in [4.69, 9.17) is 23.2 Å². The minimum Gasteiger partial charge on any atom is -0.320 e. The molecular weight excluding hydrogens is 370 g/mol. The van der Waals surface area contributed by atoms with Gasteiger partial charge in [0.1, 0.15) is 5.82 Å². The Bertz CT molecular complexity index is 1020. The van der Waals surface area contributed by atoms with Crippen molar-refractivity contribution in [2.75, 3.05) is 13.6 Å². The van der Waals surface area contributed by atoms with Crippen LogP contribution in [0.25, 0.3) is 22.7 Å². The standard InChI is InChI=1S/C21H19Cl2FN2/c1-13(14-3-5-15(24)6-4-14)11-26-20-7-8-25(2)12-17(20)16-9-18(22)19(23)10-21(16)26/h3-6,9-11H,7-8,12H2,1-2H3/b13-11-. The third kappa shape index (κ3) is 3.05. The Balaban J connectivity index is 1.93. The van der Waals surface area contributed by atoms with Gasteiger partial charge in [-0.1, -0.05) is 35.3 Å². The Morgan fingerprint density at radius 3 is 2.54 bits per heavy atom. The van der Waals surface area contributed by atoms with E-state index in [2.05, 4.69) is 22.7 Å². The van der Waals surface area contributed by atoms with E-state index in [9.17, 15) is 4.39 Å². The van der Waals surface area contributed by atoms with Crippen LogP contribution in [0.1, 0.15) is 23.7 Å². The van der Waals surface area contributed by atoms with Crippen LogP contribution in [0.3, 0.4) is 0 Å². The predicted molar refractivity (Wildman–Crippen MR) is 108 cm³/mol. The summed E-state index contributed by atoms with van der Waals surface area (Å²) in [6.07, 6.45) is 3.08. The molecule has 26 heavy (non-hydrogen) atoms. The number of likely N-dealkylation sites (N-methyl/N-ethyl adjacent to an activating group) is 1. The van der Waals surface area contributed by atoms with Gasteiger partial charge in [0.15, 0.2) is 0 Å². The second-order valence-electron chi connectivity index (χ2n) is 6.89. The molecule has 0 radical (unpaired) electrons. The molecule has 1 aliphatic heterocycles. The molecule has 0 spiro atoms. The summed E-state index contributed by atoms with van der Waals surface area (Å²) in [5, 5.41) is 2.27. The van der Waals surface area contributed by atoms with Crippen molar-refractivity contribution in [1.29, 1.82) is 0 Å². The lowest BCUT2D eigenvalue weighted by atomic mass is 10.0. The van der Waals surface area contributed by atoms with E-state index in [1.165, 1.54) is 23.4 Å². The average Bonchev–Trinajstić information content (AvgIpc) is 2.88. The maximum Gasteiger partial charge on any atom is 0.123 e. The fraction of sp³-hybridized carbons (Fsp3) is 0.238. The van der Waals surface area contributed by atoms with Gasteiger partial charge in [0.2, 0.25) is 0 Å². The fourth-order valence-electron chi connectivity index (χ4n) is 3.65. The largest absolute Gasteiger partial charge is 0.320 e. The Labute approximate surface area is 162 Å². The lowest BCUT2D eigenvalue weighted by Crippen LogP contribution is -2.26. The molecule has 2 aromatic carbocycles. The Morgan fingerprint density at radius 2 is 1.81 bits per heavy atom. The first kappa shape index (κ1) is 17.6. The second kappa shape index (κ2) is 6.73. The highest BCUT2D eigenvalue weighted by molar-refractivity contribution is 6.42. The van der Waals surface area contributed by atoms with Gasteiger partial charge in [0.25, 0.3) is 0 Å². The second-order valence-corrected chi connectivity index (χ2v) is 7.70. The summed E-state index contributed by atoms with van der Waals surface area (Å²) in [5.74, 6) is -0.227. The zero-order valence-electron chi connectivity index (χ0n) is 14.7. The predicted octanol–water partition coefficient (Wildman–Crippen LogP) is 6.09. The van der Waals surface area contributed by atoms with Crippen LogP contribution in [0.5, 0.6) is 0 Å². The van der Waals surface area contributed by atoms with Crippen molar-refractivity contribution in [3.05, 3.63) is 69.1 Å². The zero-order valence-corrected chi connectivity index (χ0v) is 16.2. The molecule has 0 N–H and O–H groups in total. The van der Waals surface area contributed by atoms with Gasteiger partial charge < -0.3 is 9.47 Å². The van der Waals surface area contributed by atoms with Crippen LogP contribution in [0.2, 0.25) is 10.0 Å². The van der Waals surface area contributed by atoms with Gasteiger partial charge in [0.05, 0.1) is 15.6 Å². The van der Waals surface area contributed by atoms with Crippen LogP contribution >= 0.6 is 23.2 Å². The van der Waals surface area contributed by atoms with Crippen LogP contribution in [-0.4, -0.2) is 23.1 Å². The Hall–Kier alpha value is -1.81. The van der Waals surface area contributed by atoms with E-state index in [1.807, 2.05) is 19.1 Å². The lowest BCUT2D eigenvalue weighted by molar-refractivity contribution is 0.312. The number of benzene rings is 2. The summed E-state index contributed by atoms with van der Waals surface area (Å²) in [6, 6.07) is 10.5. The summed E-state index contributed by atoms with van der Waals surface area (Å²) in [6.45, 7) is 3.94. The smallest absolute Gasteiger partial charge is 0.123 e. The number of fused-ring (bicyclic) bond motifs is 3. The van der Waals surface area contributed by atoms with Crippen molar-refractivity contribution in [1.82, 2.24) is 9.47 Å². The molecule has 5 heteroatoms. The average molecular weight is 389 g/mol. The number of hydrogen-bond acceptors (Lipinski definition) is 1. The van der Waals surface area contributed by atoms with Crippen LogP contribution in [-0.2, 0) is 13.0 Å². The molecule has 0 unspecified atom stereocenters. The molecule has 1 aliphatic rings. The summed E-state index contributed by atoms with van der Waals surface area (Å²) in [4.78, 5) is 2.31. The minimum absolute atomic E-state index is 0.227. The summed E-state index contributed by atoms with van der Waals surface area (Å²) in [7, 11) is 2.13. The number of aromatic nitrogens is 1. The van der Waals surface area contributed by atoms with E-state index < -0.39 is 0 Å². The SMILES string of the molecule is C/C(=C/n1c2c(c3cc(Cl)c(Cl)cc31)CN(C)CC2)c1ccc(F)cc1. The maximum atomic E-state index is 13.2. The summed E-state index contributed by atoms with van der Waals surface area (Å²) < 4.78 is 15.4. The lowest BCUT2D eigenvalue weighted by Gasteiger charge is -2.23. The van der Waals surface area contributed by atoms with Crippen molar-refractivity contribution in [2.24, 2.45) is 0 Å². The van der Waals surface area contributed by atoms with Gasteiger partial charge >= 0.3 is 0 Å². The number of rotatable bonds is 2. The maximum absolute atomic E-state index is 13.2. The normalized spacial score (nSPS) is 15.5. The molecule has 4 rings (SSSR count). The molecule has 134 valence electrons. The van der Waals surface area contributed by atoms with Gasteiger partial charge in [-0.05, 0) is 54.9 Å². The first-order chi connectivity index (χ1) is 12.4. The number of halogens is 3. The molecule has 2 nitrogen and oxygen atoms in total. The van der Waals surface area contributed by atoms with Crippen LogP contribution in [0.15, 0.2) is 36.4 Å². The highest BCUT2D eigenvalue weighted by atomic mass is 35.5. The highest BCUT2D eigenvalue weighted by Crippen LogP contribution is 2.36. The van der Waals surface area contributed by atoms with Crippen molar-refractivity contribution < 1.29 is 4.39 Å². The molecule has 0 saturated heterocycles. The summed E-state index contributed by atoms with van der Waals surface area (Å²) in [5.41, 5.74) is 5.71. The molecule has 0 fully saturated rings. The molecule has 2 heterocycles. The van der Waals surface area contributed by atoms with E-state index in [-0.39, 0.29) is 5.82 Å². The van der Waals surface area contributed by atoms with Gasteiger partial charge in [-0.15, -0.1) is 0 Å². The van der Waals surface area contributed by atoms with Crippen LogP contribution in [0, 0.1) is 5.82 Å². The molecule has 0 saturated carbocycles. The van der Waals surface area contributed by atoms with Crippen molar-refractivity contribution in [2.45, 2.75) is 19.9 Å². The minimum atomic E-state index is -0.227. The molecular formula is C21H19Cl2FN2. The first-order valence-electron chi connectivity index (χ1n) is 8.57. The zero-order chi connectivity index (χ0) is 18.4. The third-order valence-corrected chi connectivity index (χ3v) is 5.77. The monoisotopic (exact) mass is 388 g/mol. The molecule has 0 amide bonds. The van der Waals surface area contributed by atoms with E-state index in [0.717, 1.165) is 41.5 Å². The van der Waals surface area contributed by atoms with Gasteiger partial charge in [-0.2, -0.15) is 0 Å². The quantitative estimate of drug-likeness (QED) is 0.515.